The predicted molar refractivity (Wildman–Crippen MR) is 90.5 cm³/mol. The first kappa shape index (κ1) is 14.0. The Balaban J connectivity index is 1.58. The molecule has 2 aliphatic rings. The molecule has 1 saturated carbocycles. The second-order valence-electron chi connectivity index (χ2n) is 7.03. The van der Waals surface area contributed by atoms with E-state index < -0.39 is 0 Å². The average molecular weight is 292 g/mol. The summed E-state index contributed by atoms with van der Waals surface area (Å²) in [6.45, 7) is 4.59. The molecule has 22 heavy (non-hydrogen) atoms. The molecule has 2 nitrogen and oxygen atoms in total. The van der Waals surface area contributed by atoms with E-state index in [1.165, 1.54) is 30.6 Å². The smallest absolute Gasteiger partial charge is 0.0388 e. The van der Waals surface area contributed by atoms with Gasteiger partial charge in [0.25, 0.3) is 0 Å². The summed E-state index contributed by atoms with van der Waals surface area (Å²) in [6.07, 6.45) is 1.37. The maximum atomic E-state index is 2.73. The highest BCUT2D eigenvalue weighted by Gasteiger charge is 2.62. The van der Waals surface area contributed by atoms with Gasteiger partial charge in [-0.1, -0.05) is 60.7 Å². The molecule has 0 radical (unpaired) electrons. The molecule has 1 aliphatic heterocycles. The van der Waals surface area contributed by atoms with Crippen LogP contribution in [0.5, 0.6) is 0 Å². The molecule has 1 saturated heterocycles. The van der Waals surface area contributed by atoms with Gasteiger partial charge in [-0.2, -0.15) is 0 Å². The topological polar surface area (TPSA) is 6.48 Å². The number of rotatable bonds is 5. The Morgan fingerprint density at radius 1 is 0.955 bits per heavy atom. The van der Waals surface area contributed by atoms with Crippen molar-refractivity contribution in [2.75, 3.05) is 20.1 Å². The molecule has 0 bridgehead atoms. The lowest BCUT2D eigenvalue weighted by Gasteiger charge is -2.32. The zero-order chi connectivity index (χ0) is 15.0. The van der Waals surface area contributed by atoms with Crippen LogP contribution in [0.2, 0.25) is 0 Å². The molecule has 4 rings (SSSR count). The van der Waals surface area contributed by atoms with Crippen molar-refractivity contribution in [3.63, 3.8) is 0 Å². The minimum Gasteiger partial charge on any atom is -0.304 e. The highest BCUT2D eigenvalue weighted by atomic mass is 15.3. The van der Waals surface area contributed by atoms with Crippen molar-refractivity contribution in [2.24, 2.45) is 5.92 Å². The molecule has 0 spiro atoms. The third-order valence-corrected chi connectivity index (χ3v) is 5.34. The van der Waals surface area contributed by atoms with E-state index in [4.69, 9.17) is 0 Å². The summed E-state index contributed by atoms with van der Waals surface area (Å²) in [5, 5.41) is 0. The van der Waals surface area contributed by atoms with Crippen molar-refractivity contribution in [2.45, 2.75) is 25.0 Å². The zero-order valence-corrected chi connectivity index (χ0v) is 13.3. The van der Waals surface area contributed by atoms with Gasteiger partial charge in [0.15, 0.2) is 0 Å². The predicted octanol–water partition coefficient (Wildman–Crippen LogP) is 3.39. The Morgan fingerprint density at radius 3 is 1.95 bits per heavy atom. The normalized spacial score (nSPS) is 27.1. The molecule has 1 heterocycles. The fourth-order valence-electron chi connectivity index (χ4n) is 4.17. The maximum Gasteiger partial charge on any atom is 0.0388 e. The first-order chi connectivity index (χ1) is 10.8. The molecule has 0 aromatic heterocycles. The summed E-state index contributed by atoms with van der Waals surface area (Å²) in [6, 6.07) is 21.8. The van der Waals surface area contributed by atoms with Gasteiger partial charge in [0, 0.05) is 31.7 Å². The highest BCUT2D eigenvalue weighted by Crippen LogP contribution is 2.54. The van der Waals surface area contributed by atoms with Crippen LogP contribution in [0.3, 0.4) is 0 Å². The van der Waals surface area contributed by atoms with E-state index in [-0.39, 0.29) is 0 Å². The van der Waals surface area contributed by atoms with Gasteiger partial charge >= 0.3 is 0 Å². The van der Waals surface area contributed by atoms with Crippen LogP contribution in [0.1, 0.15) is 17.5 Å². The van der Waals surface area contributed by atoms with Gasteiger partial charge in [-0.25, -0.2) is 0 Å². The van der Waals surface area contributed by atoms with Crippen LogP contribution >= 0.6 is 0 Å². The molecular weight excluding hydrogens is 268 g/mol. The summed E-state index contributed by atoms with van der Waals surface area (Å²) in [7, 11) is 2.26. The molecule has 0 unspecified atom stereocenters. The first-order valence-corrected chi connectivity index (χ1v) is 8.28. The Kier molecular flexibility index (Phi) is 3.51. The van der Waals surface area contributed by atoms with Gasteiger partial charge in [-0.3, -0.25) is 4.90 Å². The van der Waals surface area contributed by atoms with Crippen molar-refractivity contribution in [3.05, 3.63) is 71.8 Å². The van der Waals surface area contributed by atoms with Crippen molar-refractivity contribution >= 4 is 0 Å². The fraction of sp³-hybridized carbons (Fsp3) is 0.400. The molecule has 114 valence electrons. The number of likely N-dealkylation sites (tertiary alicyclic amines) is 1. The van der Waals surface area contributed by atoms with Crippen LogP contribution in [0.15, 0.2) is 60.7 Å². The zero-order valence-electron chi connectivity index (χ0n) is 13.3. The van der Waals surface area contributed by atoms with Crippen LogP contribution in [-0.4, -0.2) is 35.5 Å². The van der Waals surface area contributed by atoms with Gasteiger partial charge in [0.1, 0.15) is 0 Å². The van der Waals surface area contributed by atoms with Crippen LogP contribution in [0.25, 0.3) is 0 Å². The van der Waals surface area contributed by atoms with E-state index in [9.17, 15) is 0 Å². The molecule has 0 N–H and O–H groups in total. The maximum absolute atomic E-state index is 2.73. The molecule has 1 aliphatic carbocycles. The number of likely N-dealkylation sites (N-methyl/N-ethyl adjacent to an activating group) is 1. The Morgan fingerprint density at radius 2 is 1.50 bits per heavy atom. The molecule has 2 heteroatoms. The van der Waals surface area contributed by atoms with Crippen molar-refractivity contribution in [1.82, 2.24) is 9.80 Å². The average Bonchev–Trinajstić information content (AvgIpc) is 3.12. The molecule has 2 fully saturated rings. The summed E-state index contributed by atoms with van der Waals surface area (Å²) in [5.41, 5.74) is 3.27. The Labute approximate surface area is 133 Å². The minimum atomic E-state index is 0.417. The van der Waals surface area contributed by atoms with Crippen LogP contribution in [-0.2, 0) is 13.1 Å². The molecule has 0 amide bonds. The summed E-state index contributed by atoms with van der Waals surface area (Å²) in [5.74, 6) is 0.866. The largest absolute Gasteiger partial charge is 0.304 e. The van der Waals surface area contributed by atoms with Crippen LogP contribution in [0.4, 0.5) is 0 Å². The highest BCUT2D eigenvalue weighted by molar-refractivity contribution is 5.23. The van der Waals surface area contributed by atoms with Crippen molar-refractivity contribution in [3.8, 4) is 0 Å². The standard InChI is InChI=1S/C20H24N2/c1-21-15-19-12-20(19,16-21)22(13-17-8-4-2-5-9-17)14-18-10-6-3-7-11-18/h2-11,19H,12-16H2,1H3/t19-,20-/m0/s1. The van der Waals surface area contributed by atoms with E-state index in [0.717, 1.165) is 19.0 Å². The quantitative estimate of drug-likeness (QED) is 0.833. The van der Waals surface area contributed by atoms with Crippen molar-refractivity contribution in [1.29, 1.82) is 0 Å². The number of fused-ring (bicyclic) bond motifs is 1. The third kappa shape index (κ3) is 2.57. The number of benzene rings is 2. The number of nitrogens with zero attached hydrogens (tertiary/aromatic N) is 2. The van der Waals surface area contributed by atoms with E-state index in [1.54, 1.807) is 0 Å². The van der Waals surface area contributed by atoms with E-state index in [2.05, 4.69) is 77.5 Å². The summed E-state index contributed by atoms with van der Waals surface area (Å²) in [4.78, 5) is 5.23. The SMILES string of the molecule is CN1C[C@@H]2C[C@]2(N(Cc2ccccc2)Cc2ccccc2)C1. The number of hydrogen-bond donors (Lipinski definition) is 0. The summed E-state index contributed by atoms with van der Waals surface area (Å²) < 4.78 is 0. The van der Waals surface area contributed by atoms with Gasteiger partial charge in [0.2, 0.25) is 0 Å². The van der Waals surface area contributed by atoms with Gasteiger partial charge in [-0.15, -0.1) is 0 Å². The van der Waals surface area contributed by atoms with Crippen LogP contribution in [0, 0.1) is 5.92 Å². The van der Waals surface area contributed by atoms with E-state index >= 15 is 0 Å². The fourth-order valence-corrected chi connectivity index (χ4v) is 4.17. The second-order valence-corrected chi connectivity index (χ2v) is 7.03. The Bertz CT molecular complexity index is 583. The lowest BCUT2D eigenvalue weighted by Crippen LogP contribution is -2.41. The third-order valence-electron chi connectivity index (χ3n) is 5.34. The van der Waals surface area contributed by atoms with Crippen LogP contribution < -0.4 is 0 Å². The molecule has 2 aromatic rings. The molecular formula is C20H24N2. The summed E-state index contributed by atoms with van der Waals surface area (Å²) >= 11 is 0. The van der Waals surface area contributed by atoms with Crippen molar-refractivity contribution < 1.29 is 0 Å². The van der Waals surface area contributed by atoms with Gasteiger partial charge in [0.05, 0.1) is 0 Å². The van der Waals surface area contributed by atoms with E-state index in [0.29, 0.717) is 5.54 Å². The minimum absolute atomic E-state index is 0.417. The first-order valence-electron chi connectivity index (χ1n) is 8.28. The van der Waals surface area contributed by atoms with Gasteiger partial charge < -0.3 is 4.90 Å². The lowest BCUT2D eigenvalue weighted by molar-refractivity contribution is 0.144. The number of hydrogen-bond acceptors (Lipinski definition) is 2. The van der Waals surface area contributed by atoms with E-state index in [1.807, 2.05) is 0 Å². The van der Waals surface area contributed by atoms with Gasteiger partial charge in [-0.05, 0) is 30.5 Å². The monoisotopic (exact) mass is 292 g/mol. The molecule has 2 atom stereocenters. The number of piperidine rings is 1. The molecule has 2 aromatic carbocycles. The Hall–Kier alpha value is -1.64. The lowest BCUT2D eigenvalue weighted by atomic mass is 10.1. The second kappa shape index (κ2) is 5.53.